The van der Waals surface area contributed by atoms with E-state index >= 15 is 0 Å². The molecule has 1 amide bonds. The number of hydrogen-bond donors (Lipinski definition) is 1. The number of rotatable bonds is 5. The lowest BCUT2D eigenvalue weighted by Crippen LogP contribution is -2.07. The number of hydrogen-bond acceptors (Lipinski definition) is 2. The van der Waals surface area contributed by atoms with Crippen LogP contribution in [0.4, 0.5) is 5.69 Å². The third kappa shape index (κ3) is 5.22. The summed E-state index contributed by atoms with van der Waals surface area (Å²) in [4.78, 5) is 15.6. The molecule has 1 atom stereocenters. The summed E-state index contributed by atoms with van der Waals surface area (Å²) in [5, 5.41) is 2.80. The molecule has 0 aromatic heterocycles. The average molecular weight is 280 g/mol. The van der Waals surface area contributed by atoms with Gasteiger partial charge in [0.1, 0.15) is 0 Å². The molecule has 2 aromatic carbocycles. The summed E-state index contributed by atoms with van der Waals surface area (Å²) in [7, 11) is 0. The molecular formula is C18H20N2O. The molecule has 0 aliphatic rings. The monoisotopic (exact) mass is 280 g/mol. The highest BCUT2D eigenvalue weighted by Gasteiger charge is 2.03. The molecule has 0 aliphatic heterocycles. The van der Waals surface area contributed by atoms with Crippen molar-refractivity contribution in [2.24, 2.45) is 4.99 Å². The van der Waals surface area contributed by atoms with E-state index in [4.69, 9.17) is 0 Å². The first-order chi connectivity index (χ1) is 10.1. The SMILES string of the molecule is CC(=O)Nc1cccc(CC(C)N=Cc2ccccc2)c1. The van der Waals surface area contributed by atoms with Crippen LogP contribution in [0.2, 0.25) is 0 Å². The fraction of sp³-hybridized carbons (Fsp3) is 0.222. The maximum atomic E-state index is 11.1. The maximum absolute atomic E-state index is 11.1. The number of anilines is 1. The van der Waals surface area contributed by atoms with Crippen LogP contribution in [0.1, 0.15) is 25.0 Å². The van der Waals surface area contributed by atoms with Gasteiger partial charge in [0.05, 0.1) is 6.04 Å². The first-order valence-electron chi connectivity index (χ1n) is 7.08. The predicted molar refractivity (Wildman–Crippen MR) is 87.9 cm³/mol. The zero-order valence-corrected chi connectivity index (χ0v) is 12.4. The van der Waals surface area contributed by atoms with E-state index in [1.54, 1.807) is 0 Å². The van der Waals surface area contributed by atoms with Crippen molar-refractivity contribution in [1.29, 1.82) is 0 Å². The van der Waals surface area contributed by atoms with E-state index in [1.165, 1.54) is 12.5 Å². The number of aliphatic imine (C=N–C) groups is 1. The minimum absolute atomic E-state index is 0.0534. The molecule has 2 aromatic rings. The quantitative estimate of drug-likeness (QED) is 0.834. The number of carbonyl (C=O) groups excluding carboxylic acids is 1. The molecule has 2 rings (SSSR count). The second kappa shape index (κ2) is 7.39. The summed E-state index contributed by atoms with van der Waals surface area (Å²) in [5.74, 6) is -0.0534. The van der Waals surface area contributed by atoms with E-state index in [0.717, 1.165) is 17.7 Å². The number of amides is 1. The fourth-order valence-electron chi connectivity index (χ4n) is 2.13. The van der Waals surface area contributed by atoms with Gasteiger partial charge in [-0.1, -0.05) is 42.5 Å². The summed E-state index contributed by atoms with van der Waals surface area (Å²) in [6, 6.07) is 18.2. The van der Waals surface area contributed by atoms with Crippen LogP contribution in [0.3, 0.4) is 0 Å². The normalized spacial score (nSPS) is 12.3. The summed E-state index contributed by atoms with van der Waals surface area (Å²) >= 11 is 0. The van der Waals surface area contributed by atoms with Gasteiger partial charge in [-0.15, -0.1) is 0 Å². The van der Waals surface area contributed by atoms with Gasteiger partial charge in [0.25, 0.3) is 0 Å². The molecular weight excluding hydrogens is 260 g/mol. The summed E-state index contributed by atoms with van der Waals surface area (Å²) in [6.45, 7) is 3.60. The number of benzene rings is 2. The highest BCUT2D eigenvalue weighted by molar-refractivity contribution is 5.88. The van der Waals surface area contributed by atoms with Crippen molar-refractivity contribution in [2.45, 2.75) is 26.3 Å². The van der Waals surface area contributed by atoms with Crippen LogP contribution >= 0.6 is 0 Å². The molecule has 21 heavy (non-hydrogen) atoms. The van der Waals surface area contributed by atoms with Crippen LogP contribution in [0.15, 0.2) is 59.6 Å². The molecule has 3 nitrogen and oxygen atoms in total. The Labute approximate surface area is 125 Å². The molecule has 0 spiro atoms. The summed E-state index contributed by atoms with van der Waals surface area (Å²) < 4.78 is 0. The van der Waals surface area contributed by atoms with Gasteiger partial charge in [-0.25, -0.2) is 0 Å². The van der Waals surface area contributed by atoms with Crippen LogP contribution in [-0.2, 0) is 11.2 Å². The van der Waals surface area contributed by atoms with Gasteiger partial charge in [0.2, 0.25) is 5.91 Å². The first-order valence-corrected chi connectivity index (χ1v) is 7.08. The minimum Gasteiger partial charge on any atom is -0.326 e. The summed E-state index contributed by atoms with van der Waals surface area (Å²) in [6.07, 6.45) is 2.75. The Morgan fingerprint density at radius 2 is 1.95 bits per heavy atom. The smallest absolute Gasteiger partial charge is 0.221 e. The predicted octanol–water partition coefficient (Wildman–Crippen LogP) is 3.70. The van der Waals surface area contributed by atoms with Gasteiger partial charge >= 0.3 is 0 Å². The van der Waals surface area contributed by atoms with Gasteiger partial charge in [0.15, 0.2) is 0 Å². The van der Waals surface area contributed by atoms with Gasteiger partial charge in [-0.3, -0.25) is 9.79 Å². The van der Waals surface area contributed by atoms with Crippen LogP contribution in [0, 0.1) is 0 Å². The molecule has 0 saturated carbocycles. The van der Waals surface area contributed by atoms with Crippen molar-refractivity contribution < 1.29 is 4.79 Å². The third-order valence-electron chi connectivity index (χ3n) is 3.06. The molecule has 0 bridgehead atoms. The van der Waals surface area contributed by atoms with E-state index < -0.39 is 0 Å². The zero-order chi connectivity index (χ0) is 15.1. The molecule has 1 unspecified atom stereocenters. The second-order valence-electron chi connectivity index (χ2n) is 5.12. The molecule has 108 valence electrons. The van der Waals surface area contributed by atoms with Crippen LogP contribution < -0.4 is 5.32 Å². The second-order valence-corrected chi connectivity index (χ2v) is 5.12. The Kier molecular flexibility index (Phi) is 5.27. The largest absolute Gasteiger partial charge is 0.326 e. The van der Waals surface area contributed by atoms with Crippen molar-refractivity contribution in [3.8, 4) is 0 Å². The zero-order valence-electron chi connectivity index (χ0n) is 12.4. The fourth-order valence-corrected chi connectivity index (χ4v) is 2.13. The average Bonchev–Trinajstić information content (AvgIpc) is 2.46. The number of nitrogens with one attached hydrogen (secondary N) is 1. The molecule has 0 fully saturated rings. The molecule has 0 heterocycles. The topological polar surface area (TPSA) is 41.5 Å². The Morgan fingerprint density at radius 3 is 2.67 bits per heavy atom. The maximum Gasteiger partial charge on any atom is 0.221 e. The van der Waals surface area contributed by atoms with Crippen LogP contribution in [0.5, 0.6) is 0 Å². The molecule has 0 radical (unpaired) electrons. The molecule has 0 saturated heterocycles. The third-order valence-corrected chi connectivity index (χ3v) is 3.06. The van der Waals surface area contributed by atoms with Gasteiger partial charge < -0.3 is 5.32 Å². The van der Waals surface area contributed by atoms with Gasteiger partial charge in [-0.2, -0.15) is 0 Å². The highest BCUT2D eigenvalue weighted by atomic mass is 16.1. The van der Waals surface area contributed by atoms with E-state index in [0.29, 0.717) is 0 Å². The molecule has 1 N–H and O–H groups in total. The Hall–Kier alpha value is -2.42. The Bertz CT molecular complexity index is 620. The highest BCUT2D eigenvalue weighted by Crippen LogP contribution is 2.13. The van der Waals surface area contributed by atoms with E-state index in [9.17, 15) is 4.79 Å². The lowest BCUT2D eigenvalue weighted by molar-refractivity contribution is -0.114. The lowest BCUT2D eigenvalue weighted by atomic mass is 10.1. The Morgan fingerprint density at radius 1 is 1.19 bits per heavy atom. The van der Waals surface area contributed by atoms with Crippen molar-refractivity contribution in [1.82, 2.24) is 0 Å². The molecule has 0 aliphatic carbocycles. The van der Waals surface area contributed by atoms with Crippen molar-refractivity contribution in [3.63, 3.8) is 0 Å². The number of carbonyl (C=O) groups is 1. The Balaban J connectivity index is 1.97. The van der Waals surface area contributed by atoms with Gasteiger partial charge in [0, 0.05) is 18.8 Å². The standard InChI is InChI=1S/C18H20N2O/c1-14(19-13-16-7-4-3-5-8-16)11-17-9-6-10-18(12-17)20-15(2)21/h3-10,12-14H,11H2,1-2H3,(H,20,21). The van der Waals surface area contributed by atoms with E-state index in [2.05, 4.69) is 23.3 Å². The lowest BCUT2D eigenvalue weighted by Gasteiger charge is -2.08. The summed E-state index contributed by atoms with van der Waals surface area (Å²) in [5.41, 5.74) is 3.11. The van der Waals surface area contributed by atoms with Crippen molar-refractivity contribution in [3.05, 3.63) is 65.7 Å². The van der Waals surface area contributed by atoms with E-state index in [-0.39, 0.29) is 11.9 Å². The van der Waals surface area contributed by atoms with Crippen LogP contribution in [-0.4, -0.2) is 18.2 Å². The van der Waals surface area contributed by atoms with E-state index in [1.807, 2.05) is 54.7 Å². The van der Waals surface area contributed by atoms with Crippen LogP contribution in [0.25, 0.3) is 0 Å². The number of nitrogens with zero attached hydrogens (tertiary/aromatic N) is 1. The van der Waals surface area contributed by atoms with Gasteiger partial charge in [-0.05, 0) is 36.6 Å². The van der Waals surface area contributed by atoms with Crippen molar-refractivity contribution in [2.75, 3.05) is 5.32 Å². The first kappa shape index (κ1) is 15.0. The minimum atomic E-state index is -0.0534. The van der Waals surface area contributed by atoms with Crippen molar-refractivity contribution >= 4 is 17.8 Å². The molecule has 3 heteroatoms.